The fourth-order valence-electron chi connectivity index (χ4n) is 2.82. The minimum Gasteiger partial charge on any atom is -0.314 e. The van der Waals surface area contributed by atoms with Crippen LogP contribution in [0.25, 0.3) is 0 Å². The third kappa shape index (κ3) is 2.86. The Labute approximate surface area is 103 Å². The van der Waals surface area contributed by atoms with Crippen molar-refractivity contribution in [3.8, 4) is 0 Å². The van der Waals surface area contributed by atoms with Crippen molar-refractivity contribution < 1.29 is 0 Å². The zero-order valence-corrected chi connectivity index (χ0v) is 11.3. The molecule has 1 aromatic rings. The smallest absolute Gasteiger partial charge is 0.00728 e. The summed E-state index contributed by atoms with van der Waals surface area (Å²) in [6.45, 7) is 5.69. The highest BCUT2D eigenvalue weighted by Crippen LogP contribution is 2.36. The Morgan fingerprint density at radius 1 is 1.44 bits per heavy atom. The minimum atomic E-state index is 0.762. The number of hydrogen-bond donors (Lipinski definition) is 1. The first-order valence-electron chi connectivity index (χ1n) is 6.58. The standard InChI is InChI=1S/C14H23NS/c1-3-8-15-13-6-4-5-12(10-13)14-7-9-16-11(14)2/h7,9,12-13,15H,3-6,8,10H2,1-2H3. The molecule has 0 aliphatic heterocycles. The summed E-state index contributed by atoms with van der Waals surface area (Å²) < 4.78 is 0. The molecular formula is C14H23NS. The summed E-state index contributed by atoms with van der Waals surface area (Å²) in [5, 5.41) is 5.93. The van der Waals surface area contributed by atoms with Crippen molar-refractivity contribution in [2.24, 2.45) is 0 Å². The predicted molar refractivity (Wildman–Crippen MR) is 72.3 cm³/mol. The molecule has 90 valence electrons. The molecule has 1 heterocycles. The van der Waals surface area contributed by atoms with Crippen LogP contribution in [0.2, 0.25) is 0 Å². The van der Waals surface area contributed by atoms with E-state index >= 15 is 0 Å². The molecule has 16 heavy (non-hydrogen) atoms. The second kappa shape index (κ2) is 5.83. The van der Waals surface area contributed by atoms with E-state index in [1.54, 1.807) is 5.56 Å². The van der Waals surface area contributed by atoms with Gasteiger partial charge in [-0.05, 0) is 62.1 Å². The van der Waals surface area contributed by atoms with Crippen LogP contribution in [-0.2, 0) is 0 Å². The van der Waals surface area contributed by atoms with Crippen LogP contribution in [0, 0.1) is 6.92 Å². The lowest BCUT2D eigenvalue weighted by molar-refractivity contribution is 0.340. The normalized spacial score (nSPS) is 25.9. The van der Waals surface area contributed by atoms with Crippen molar-refractivity contribution in [3.05, 3.63) is 21.9 Å². The lowest BCUT2D eigenvalue weighted by atomic mass is 9.81. The third-order valence-electron chi connectivity index (χ3n) is 3.70. The molecule has 2 unspecified atom stereocenters. The van der Waals surface area contributed by atoms with Gasteiger partial charge in [0.15, 0.2) is 0 Å². The Balaban J connectivity index is 1.94. The SMILES string of the molecule is CCCNC1CCCC(c2ccsc2C)C1. The molecule has 1 fully saturated rings. The number of hydrogen-bond acceptors (Lipinski definition) is 2. The number of nitrogens with one attached hydrogen (secondary N) is 1. The molecule has 1 nitrogen and oxygen atoms in total. The second-order valence-corrected chi connectivity index (χ2v) is 6.07. The van der Waals surface area contributed by atoms with Gasteiger partial charge in [0.25, 0.3) is 0 Å². The second-order valence-electron chi connectivity index (χ2n) is 4.95. The van der Waals surface area contributed by atoms with E-state index in [9.17, 15) is 0 Å². The van der Waals surface area contributed by atoms with Gasteiger partial charge in [-0.3, -0.25) is 0 Å². The largest absolute Gasteiger partial charge is 0.314 e. The maximum Gasteiger partial charge on any atom is 0.00728 e. The lowest BCUT2D eigenvalue weighted by Crippen LogP contribution is -2.34. The minimum absolute atomic E-state index is 0.762. The van der Waals surface area contributed by atoms with Gasteiger partial charge in [-0.2, -0.15) is 0 Å². The zero-order chi connectivity index (χ0) is 11.4. The molecule has 0 aromatic carbocycles. The Bertz CT molecular complexity index is 318. The molecule has 0 amide bonds. The van der Waals surface area contributed by atoms with Crippen molar-refractivity contribution in [2.45, 2.75) is 57.9 Å². The molecule has 0 bridgehead atoms. The van der Waals surface area contributed by atoms with Crippen LogP contribution in [0.1, 0.15) is 55.4 Å². The van der Waals surface area contributed by atoms with E-state index in [-0.39, 0.29) is 0 Å². The fourth-order valence-corrected chi connectivity index (χ4v) is 3.61. The third-order valence-corrected chi connectivity index (χ3v) is 4.56. The summed E-state index contributed by atoms with van der Waals surface area (Å²) in [7, 11) is 0. The first-order chi connectivity index (χ1) is 7.81. The van der Waals surface area contributed by atoms with E-state index in [4.69, 9.17) is 0 Å². The summed E-state index contributed by atoms with van der Waals surface area (Å²) in [5.41, 5.74) is 1.62. The van der Waals surface area contributed by atoms with Crippen LogP contribution in [0.5, 0.6) is 0 Å². The molecule has 0 radical (unpaired) electrons. The van der Waals surface area contributed by atoms with Gasteiger partial charge in [-0.1, -0.05) is 13.3 Å². The van der Waals surface area contributed by atoms with Crippen molar-refractivity contribution in [3.63, 3.8) is 0 Å². The van der Waals surface area contributed by atoms with E-state index in [0.29, 0.717) is 0 Å². The average Bonchev–Trinajstić information content (AvgIpc) is 2.73. The van der Waals surface area contributed by atoms with E-state index in [0.717, 1.165) is 12.0 Å². The highest BCUT2D eigenvalue weighted by atomic mass is 32.1. The van der Waals surface area contributed by atoms with Crippen LogP contribution in [0.15, 0.2) is 11.4 Å². The Kier molecular flexibility index (Phi) is 4.42. The fraction of sp³-hybridized carbons (Fsp3) is 0.714. The molecule has 0 saturated heterocycles. The maximum atomic E-state index is 3.69. The van der Waals surface area contributed by atoms with Crippen molar-refractivity contribution in [1.29, 1.82) is 0 Å². The van der Waals surface area contributed by atoms with Crippen LogP contribution < -0.4 is 5.32 Å². The summed E-state index contributed by atoms with van der Waals surface area (Å²) >= 11 is 1.90. The summed E-state index contributed by atoms with van der Waals surface area (Å²) in [6.07, 6.45) is 6.75. The van der Waals surface area contributed by atoms with Crippen molar-refractivity contribution in [1.82, 2.24) is 5.32 Å². The average molecular weight is 237 g/mol. The highest BCUT2D eigenvalue weighted by molar-refractivity contribution is 7.10. The van der Waals surface area contributed by atoms with Crippen molar-refractivity contribution in [2.75, 3.05) is 6.54 Å². The predicted octanol–water partition coefficient (Wildman–Crippen LogP) is 4.08. The quantitative estimate of drug-likeness (QED) is 0.832. The van der Waals surface area contributed by atoms with Gasteiger partial charge in [0.1, 0.15) is 0 Å². The Morgan fingerprint density at radius 3 is 3.00 bits per heavy atom. The summed E-state index contributed by atoms with van der Waals surface area (Å²) in [6, 6.07) is 3.10. The molecule has 1 aromatic heterocycles. The van der Waals surface area contributed by atoms with E-state index in [2.05, 4.69) is 30.6 Å². The van der Waals surface area contributed by atoms with Gasteiger partial charge >= 0.3 is 0 Å². The van der Waals surface area contributed by atoms with Gasteiger partial charge in [0, 0.05) is 10.9 Å². The highest BCUT2D eigenvalue weighted by Gasteiger charge is 2.23. The first-order valence-corrected chi connectivity index (χ1v) is 7.46. The topological polar surface area (TPSA) is 12.0 Å². The molecule has 1 saturated carbocycles. The van der Waals surface area contributed by atoms with Gasteiger partial charge in [-0.25, -0.2) is 0 Å². The maximum absolute atomic E-state index is 3.69. The monoisotopic (exact) mass is 237 g/mol. The lowest BCUT2D eigenvalue weighted by Gasteiger charge is -2.30. The van der Waals surface area contributed by atoms with Gasteiger partial charge in [-0.15, -0.1) is 11.3 Å². The molecule has 2 rings (SSSR count). The molecule has 2 heteroatoms. The molecule has 1 aliphatic rings. The first kappa shape index (κ1) is 12.1. The summed E-state index contributed by atoms with van der Waals surface area (Å²) in [4.78, 5) is 1.53. The van der Waals surface area contributed by atoms with Crippen LogP contribution >= 0.6 is 11.3 Å². The summed E-state index contributed by atoms with van der Waals surface area (Å²) in [5.74, 6) is 0.814. The van der Waals surface area contributed by atoms with E-state index in [1.165, 1.54) is 43.5 Å². The molecule has 1 N–H and O–H groups in total. The Hall–Kier alpha value is -0.340. The molecular weight excluding hydrogens is 214 g/mol. The number of aryl methyl sites for hydroxylation is 1. The molecule has 2 atom stereocenters. The molecule has 0 spiro atoms. The van der Waals surface area contributed by atoms with Gasteiger partial charge in [0.2, 0.25) is 0 Å². The molecule has 1 aliphatic carbocycles. The number of thiophene rings is 1. The van der Waals surface area contributed by atoms with Gasteiger partial charge < -0.3 is 5.32 Å². The number of rotatable bonds is 4. The van der Waals surface area contributed by atoms with Gasteiger partial charge in [0.05, 0.1) is 0 Å². The van der Waals surface area contributed by atoms with Crippen LogP contribution in [0.4, 0.5) is 0 Å². The Morgan fingerprint density at radius 2 is 2.31 bits per heavy atom. The van der Waals surface area contributed by atoms with E-state index < -0.39 is 0 Å². The van der Waals surface area contributed by atoms with Crippen LogP contribution in [0.3, 0.4) is 0 Å². The van der Waals surface area contributed by atoms with Crippen molar-refractivity contribution >= 4 is 11.3 Å². The van der Waals surface area contributed by atoms with Crippen LogP contribution in [-0.4, -0.2) is 12.6 Å². The zero-order valence-electron chi connectivity index (χ0n) is 10.5. The van der Waals surface area contributed by atoms with E-state index in [1.807, 2.05) is 11.3 Å².